The van der Waals surface area contributed by atoms with Gasteiger partial charge in [0.1, 0.15) is 24.4 Å². The van der Waals surface area contributed by atoms with Crippen LogP contribution in [-0.4, -0.2) is 62.3 Å². The molecule has 0 aromatic carbocycles. The van der Waals surface area contributed by atoms with E-state index in [9.17, 15) is 4.79 Å². The van der Waals surface area contributed by atoms with Gasteiger partial charge in [0.05, 0.1) is 6.61 Å². The van der Waals surface area contributed by atoms with Gasteiger partial charge in [0.25, 0.3) is 0 Å². The summed E-state index contributed by atoms with van der Waals surface area (Å²) in [6.45, 7) is 0.273. The summed E-state index contributed by atoms with van der Waals surface area (Å²) in [5.74, 6) is -0.725. The number of hydrogen-bond acceptors (Lipinski definition) is 6. The zero-order valence-corrected chi connectivity index (χ0v) is 7.16. The van der Waals surface area contributed by atoms with E-state index in [1.165, 1.54) is 0 Å². The first-order valence-corrected chi connectivity index (χ1v) is 3.75. The Labute approximate surface area is 75.1 Å². The molecule has 0 bridgehead atoms. The number of Topliss-reactive ketones (excluding diaryl/α,β-unsaturated/α-hetero) is 1. The second-order valence-electron chi connectivity index (χ2n) is 2.79. The normalized spacial score (nSPS) is 20.5. The van der Waals surface area contributed by atoms with Gasteiger partial charge < -0.3 is 25.5 Å². The lowest BCUT2D eigenvalue weighted by molar-refractivity contribution is -0.145. The molecule has 0 rings (SSSR count). The van der Waals surface area contributed by atoms with Gasteiger partial charge in [0.15, 0.2) is 5.78 Å². The maximum atomic E-state index is 10.5. The van der Waals surface area contributed by atoms with Crippen LogP contribution in [0.15, 0.2) is 0 Å². The molecule has 0 amide bonds. The quantitative estimate of drug-likeness (QED) is 0.318. The molecular weight excluding hydrogens is 180 g/mol. The van der Waals surface area contributed by atoms with Gasteiger partial charge in [0, 0.05) is 0 Å². The first-order chi connectivity index (χ1) is 5.91. The molecule has 0 unspecified atom stereocenters. The van der Waals surface area contributed by atoms with Crippen LogP contribution in [0.2, 0.25) is 0 Å². The van der Waals surface area contributed by atoms with Crippen molar-refractivity contribution in [2.45, 2.75) is 31.3 Å². The van der Waals surface area contributed by atoms with Crippen molar-refractivity contribution < 1.29 is 30.3 Å². The summed E-state index contributed by atoms with van der Waals surface area (Å²) in [4.78, 5) is 10.5. The van der Waals surface area contributed by atoms with E-state index in [1.54, 1.807) is 0 Å². The van der Waals surface area contributed by atoms with E-state index < -0.39 is 36.8 Å². The SMILES string of the molecule is CC(=O)[C@H](O)[C@H](O)[C@@H](O)[C@H](O)CO. The fraction of sp³-hybridized carbons (Fsp3) is 0.857. The van der Waals surface area contributed by atoms with Crippen LogP contribution in [0.3, 0.4) is 0 Å². The van der Waals surface area contributed by atoms with Crippen molar-refractivity contribution >= 4 is 5.78 Å². The highest BCUT2D eigenvalue weighted by Gasteiger charge is 2.32. The summed E-state index contributed by atoms with van der Waals surface area (Å²) in [6, 6.07) is 0. The fourth-order valence-electron chi connectivity index (χ4n) is 0.763. The van der Waals surface area contributed by atoms with Crippen LogP contribution in [-0.2, 0) is 4.79 Å². The molecule has 0 saturated carbocycles. The Kier molecular flexibility index (Phi) is 5.04. The number of carbonyl (C=O) groups is 1. The maximum Gasteiger partial charge on any atom is 0.160 e. The predicted molar refractivity (Wildman–Crippen MR) is 41.8 cm³/mol. The summed E-state index contributed by atoms with van der Waals surface area (Å²) in [7, 11) is 0. The Morgan fingerprint density at radius 1 is 1.15 bits per heavy atom. The first-order valence-electron chi connectivity index (χ1n) is 3.75. The van der Waals surface area contributed by atoms with Gasteiger partial charge in [0.2, 0.25) is 0 Å². The second-order valence-corrected chi connectivity index (χ2v) is 2.79. The third-order valence-corrected chi connectivity index (χ3v) is 1.67. The predicted octanol–water partition coefficient (Wildman–Crippen LogP) is -2.99. The van der Waals surface area contributed by atoms with Crippen LogP contribution >= 0.6 is 0 Å². The van der Waals surface area contributed by atoms with Crippen LogP contribution < -0.4 is 0 Å². The van der Waals surface area contributed by atoms with Gasteiger partial charge in [-0.2, -0.15) is 0 Å². The van der Waals surface area contributed by atoms with Crippen molar-refractivity contribution in [2.24, 2.45) is 0 Å². The minimum Gasteiger partial charge on any atom is -0.394 e. The Morgan fingerprint density at radius 2 is 1.62 bits per heavy atom. The van der Waals surface area contributed by atoms with Gasteiger partial charge in [-0.15, -0.1) is 0 Å². The highest BCUT2D eigenvalue weighted by Crippen LogP contribution is 2.05. The summed E-state index contributed by atoms with van der Waals surface area (Å²) in [5.41, 5.74) is 0. The number of rotatable bonds is 5. The lowest BCUT2D eigenvalue weighted by Crippen LogP contribution is -2.48. The van der Waals surface area contributed by atoms with Gasteiger partial charge in [-0.25, -0.2) is 0 Å². The topological polar surface area (TPSA) is 118 Å². The zero-order chi connectivity index (χ0) is 10.6. The minimum absolute atomic E-state index is 0.725. The molecule has 0 spiro atoms. The monoisotopic (exact) mass is 194 g/mol. The van der Waals surface area contributed by atoms with Crippen LogP contribution in [0, 0.1) is 0 Å². The number of ketones is 1. The summed E-state index contributed by atoms with van der Waals surface area (Å²) in [5, 5.41) is 44.3. The summed E-state index contributed by atoms with van der Waals surface area (Å²) in [6.07, 6.45) is -6.87. The van der Waals surface area contributed by atoms with E-state index in [0.29, 0.717) is 0 Å². The van der Waals surface area contributed by atoms with Gasteiger partial charge in [-0.05, 0) is 6.92 Å². The van der Waals surface area contributed by atoms with E-state index in [0.717, 1.165) is 6.92 Å². The molecule has 0 aromatic heterocycles. The van der Waals surface area contributed by atoms with Gasteiger partial charge >= 0.3 is 0 Å². The van der Waals surface area contributed by atoms with Crippen LogP contribution in [0.25, 0.3) is 0 Å². The molecule has 0 heterocycles. The molecule has 4 atom stereocenters. The van der Waals surface area contributed by atoms with Crippen molar-refractivity contribution in [1.82, 2.24) is 0 Å². The fourth-order valence-corrected chi connectivity index (χ4v) is 0.763. The molecule has 78 valence electrons. The first kappa shape index (κ1) is 12.5. The molecular formula is C7H14O6. The van der Waals surface area contributed by atoms with Crippen LogP contribution in [0.1, 0.15) is 6.92 Å². The maximum absolute atomic E-state index is 10.5. The Bertz CT molecular complexity index is 170. The van der Waals surface area contributed by atoms with Crippen LogP contribution in [0.4, 0.5) is 0 Å². The minimum atomic E-state index is -1.79. The van der Waals surface area contributed by atoms with Crippen LogP contribution in [0.5, 0.6) is 0 Å². The average molecular weight is 194 g/mol. The molecule has 5 N–H and O–H groups in total. The van der Waals surface area contributed by atoms with E-state index in [-0.39, 0.29) is 0 Å². The molecule has 0 fully saturated rings. The van der Waals surface area contributed by atoms with Crippen molar-refractivity contribution in [1.29, 1.82) is 0 Å². The van der Waals surface area contributed by atoms with Crippen molar-refractivity contribution in [2.75, 3.05) is 6.61 Å². The molecule has 0 aliphatic carbocycles. The number of aliphatic hydroxyl groups is 5. The Hall–Kier alpha value is -0.530. The van der Waals surface area contributed by atoms with E-state index in [1.807, 2.05) is 0 Å². The lowest BCUT2D eigenvalue weighted by atomic mass is 10.0. The van der Waals surface area contributed by atoms with E-state index in [4.69, 9.17) is 25.5 Å². The molecule has 0 aliphatic heterocycles. The Balaban J connectivity index is 4.24. The number of carbonyl (C=O) groups excluding carboxylic acids is 1. The largest absolute Gasteiger partial charge is 0.394 e. The lowest BCUT2D eigenvalue weighted by Gasteiger charge is -2.23. The van der Waals surface area contributed by atoms with Crippen molar-refractivity contribution in [3.63, 3.8) is 0 Å². The molecule has 0 saturated heterocycles. The van der Waals surface area contributed by atoms with Crippen molar-refractivity contribution in [3.8, 4) is 0 Å². The number of hydrogen-bond donors (Lipinski definition) is 5. The second kappa shape index (κ2) is 5.25. The third-order valence-electron chi connectivity index (χ3n) is 1.67. The molecule has 0 aliphatic rings. The molecule has 6 nitrogen and oxygen atoms in total. The molecule has 0 aromatic rings. The Morgan fingerprint density at radius 3 is 1.92 bits per heavy atom. The zero-order valence-electron chi connectivity index (χ0n) is 7.16. The van der Waals surface area contributed by atoms with Crippen molar-refractivity contribution in [3.05, 3.63) is 0 Å². The van der Waals surface area contributed by atoms with E-state index >= 15 is 0 Å². The summed E-state index contributed by atoms with van der Waals surface area (Å²) >= 11 is 0. The highest BCUT2D eigenvalue weighted by atomic mass is 16.4. The van der Waals surface area contributed by atoms with E-state index in [2.05, 4.69) is 0 Å². The van der Waals surface area contributed by atoms with Gasteiger partial charge in [-0.3, -0.25) is 4.79 Å². The summed E-state index contributed by atoms with van der Waals surface area (Å²) < 4.78 is 0. The van der Waals surface area contributed by atoms with Gasteiger partial charge in [-0.1, -0.05) is 0 Å². The smallest absolute Gasteiger partial charge is 0.160 e. The number of aliphatic hydroxyl groups excluding tert-OH is 5. The molecule has 13 heavy (non-hydrogen) atoms. The highest BCUT2D eigenvalue weighted by molar-refractivity contribution is 5.80. The average Bonchev–Trinajstić information content (AvgIpc) is 2.12. The third kappa shape index (κ3) is 3.37. The molecule has 0 radical (unpaired) electrons. The standard InChI is InChI=1S/C7H14O6/c1-3(9)5(11)7(13)6(12)4(10)2-8/h4-8,10-13H,2H2,1H3/t4-,5+,6+,7+/m1/s1. The molecule has 6 heteroatoms.